The average molecular weight is 346 g/mol. The summed E-state index contributed by atoms with van der Waals surface area (Å²) in [7, 11) is -3.19. The number of hydrogen-bond donors (Lipinski definition) is 1. The van der Waals surface area contributed by atoms with Crippen molar-refractivity contribution in [3.8, 4) is 0 Å². The van der Waals surface area contributed by atoms with Crippen LogP contribution in [0.3, 0.4) is 0 Å². The normalized spacial score (nSPS) is 24.6. The molecule has 23 heavy (non-hydrogen) atoms. The van der Waals surface area contributed by atoms with Crippen molar-refractivity contribution < 1.29 is 23.1 Å². The van der Waals surface area contributed by atoms with Crippen LogP contribution in [0.5, 0.6) is 0 Å². The van der Waals surface area contributed by atoms with Gasteiger partial charge in [0.25, 0.3) is 0 Å². The highest BCUT2D eigenvalue weighted by atomic mass is 32.2. The van der Waals surface area contributed by atoms with Gasteiger partial charge in [0.15, 0.2) is 0 Å². The predicted octanol–water partition coefficient (Wildman–Crippen LogP) is 0.904. The molecule has 0 unspecified atom stereocenters. The molecule has 0 bridgehead atoms. The van der Waals surface area contributed by atoms with E-state index in [0.717, 1.165) is 19.3 Å². The van der Waals surface area contributed by atoms with E-state index in [4.69, 9.17) is 5.11 Å². The van der Waals surface area contributed by atoms with Crippen molar-refractivity contribution in [2.75, 3.05) is 25.9 Å². The standard InChI is InChI=1S/C15H26N2O5S/c1-23(21,22)16-10-7-12(8-11-16)15(20)17-9-3-2-4-13(17)5-6-14(18)19/h12-13H,2-11H2,1H3,(H,18,19)/t13-/m0/s1. The van der Waals surface area contributed by atoms with Gasteiger partial charge in [0, 0.05) is 38.0 Å². The third kappa shape index (κ3) is 4.91. The summed E-state index contributed by atoms with van der Waals surface area (Å²) < 4.78 is 24.5. The van der Waals surface area contributed by atoms with Crippen molar-refractivity contribution in [1.82, 2.24) is 9.21 Å². The predicted molar refractivity (Wildman–Crippen MR) is 85.4 cm³/mol. The SMILES string of the molecule is CS(=O)(=O)N1CCC(C(=O)N2CCCC[C@H]2CCC(=O)O)CC1. The lowest BCUT2D eigenvalue weighted by Crippen LogP contribution is -2.49. The lowest BCUT2D eigenvalue weighted by Gasteiger charge is -2.39. The number of aliphatic carboxylic acids is 1. The van der Waals surface area contributed by atoms with E-state index in [1.54, 1.807) is 0 Å². The average Bonchev–Trinajstić information content (AvgIpc) is 2.52. The molecule has 2 rings (SSSR count). The van der Waals surface area contributed by atoms with Crippen LogP contribution in [-0.4, -0.2) is 66.5 Å². The van der Waals surface area contributed by atoms with Crippen LogP contribution in [0.2, 0.25) is 0 Å². The monoisotopic (exact) mass is 346 g/mol. The lowest BCUT2D eigenvalue weighted by molar-refractivity contribution is -0.143. The van der Waals surface area contributed by atoms with Crippen LogP contribution in [0.4, 0.5) is 0 Å². The van der Waals surface area contributed by atoms with Gasteiger partial charge in [-0.1, -0.05) is 0 Å². The Bertz CT molecular complexity index is 540. The number of carboxylic acid groups (broad SMARTS) is 1. The number of piperidine rings is 2. The minimum atomic E-state index is -3.19. The number of nitrogens with zero attached hydrogens (tertiary/aromatic N) is 2. The van der Waals surface area contributed by atoms with Crippen LogP contribution in [0.1, 0.15) is 44.9 Å². The minimum Gasteiger partial charge on any atom is -0.481 e. The third-order valence-electron chi connectivity index (χ3n) is 4.87. The van der Waals surface area contributed by atoms with Crippen LogP contribution in [0, 0.1) is 5.92 Å². The maximum Gasteiger partial charge on any atom is 0.303 e. The summed E-state index contributed by atoms with van der Waals surface area (Å²) in [5, 5.41) is 8.86. The molecule has 2 heterocycles. The van der Waals surface area contributed by atoms with Gasteiger partial charge in [-0.3, -0.25) is 9.59 Å². The molecule has 2 saturated heterocycles. The fourth-order valence-corrected chi connectivity index (χ4v) is 4.42. The molecule has 2 aliphatic heterocycles. The highest BCUT2D eigenvalue weighted by Gasteiger charge is 2.34. The zero-order valence-corrected chi connectivity index (χ0v) is 14.4. The second-order valence-electron chi connectivity index (χ2n) is 6.55. The number of hydrogen-bond acceptors (Lipinski definition) is 4. The topological polar surface area (TPSA) is 95.0 Å². The Kier molecular flexibility index (Phi) is 6.02. The highest BCUT2D eigenvalue weighted by Crippen LogP contribution is 2.27. The van der Waals surface area contributed by atoms with Crippen molar-refractivity contribution in [3.63, 3.8) is 0 Å². The van der Waals surface area contributed by atoms with Crippen LogP contribution < -0.4 is 0 Å². The quantitative estimate of drug-likeness (QED) is 0.798. The summed E-state index contributed by atoms with van der Waals surface area (Å²) in [5.74, 6) is -0.892. The molecule has 2 aliphatic rings. The minimum absolute atomic E-state index is 0.0142. The Morgan fingerprint density at radius 1 is 1.09 bits per heavy atom. The maximum atomic E-state index is 12.8. The molecule has 0 saturated carbocycles. The first-order chi connectivity index (χ1) is 10.8. The smallest absolute Gasteiger partial charge is 0.303 e. The Labute approximate surface area is 137 Å². The van der Waals surface area contributed by atoms with Gasteiger partial charge in [-0.05, 0) is 38.5 Å². The number of sulfonamides is 1. The molecule has 132 valence electrons. The van der Waals surface area contributed by atoms with E-state index in [9.17, 15) is 18.0 Å². The maximum absolute atomic E-state index is 12.8. The Hall–Kier alpha value is -1.15. The zero-order valence-electron chi connectivity index (χ0n) is 13.6. The van der Waals surface area contributed by atoms with Crippen LogP contribution >= 0.6 is 0 Å². The van der Waals surface area contributed by atoms with Crippen molar-refractivity contribution in [2.24, 2.45) is 5.92 Å². The van der Waals surface area contributed by atoms with Gasteiger partial charge in [0.2, 0.25) is 15.9 Å². The van der Waals surface area contributed by atoms with Gasteiger partial charge < -0.3 is 10.0 Å². The van der Waals surface area contributed by atoms with Crippen LogP contribution in [0.25, 0.3) is 0 Å². The largest absolute Gasteiger partial charge is 0.481 e. The molecule has 1 amide bonds. The summed E-state index contributed by atoms with van der Waals surface area (Å²) in [6.45, 7) is 1.47. The molecule has 0 spiro atoms. The summed E-state index contributed by atoms with van der Waals surface area (Å²) >= 11 is 0. The summed E-state index contributed by atoms with van der Waals surface area (Å²) in [6, 6.07) is 0.0142. The molecule has 1 N–H and O–H groups in total. The second-order valence-corrected chi connectivity index (χ2v) is 8.53. The number of amides is 1. The van der Waals surface area contributed by atoms with E-state index in [-0.39, 0.29) is 24.3 Å². The van der Waals surface area contributed by atoms with E-state index in [2.05, 4.69) is 0 Å². The fraction of sp³-hybridized carbons (Fsp3) is 0.867. The number of carbonyl (C=O) groups is 2. The van der Waals surface area contributed by atoms with Gasteiger partial charge in [-0.15, -0.1) is 0 Å². The van der Waals surface area contributed by atoms with Gasteiger partial charge in [-0.2, -0.15) is 0 Å². The summed E-state index contributed by atoms with van der Waals surface area (Å²) in [4.78, 5) is 25.4. The number of likely N-dealkylation sites (tertiary alicyclic amines) is 1. The van der Waals surface area contributed by atoms with E-state index in [0.29, 0.717) is 38.9 Å². The highest BCUT2D eigenvalue weighted by molar-refractivity contribution is 7.88. The second kappa shape index (κ2) is 7.61. The van der Waals surface area contributed by atoms with E-state index in [1.165, 1.54) is 10.6 Å². The molecule has 0 aromatic rings. The first kappa shape index (κ1) is 18.2. The van der Waals surface area contributed by atoms with Gasteiger partial charge in [-0.25, -0.2) is 12.7 Å². The first-order valence-corrected chi connectivity index (χ1v) is 10.1. The molecular formula is C15H26N2O5S. The molecular weight excluding hydrogens is 320 g/mol. The molecule has 2 fully saturated rings. The van der Waals surface area contributed by atoms with E-state index < -0.39 is 16.0 Å². The number of carbonyl (C=O) groups excluding carboxylic acids is 1. The summed E-state index contributed by atoms with van der Waals surface area (Å²) in [5.41, 5.74) is 0. The van der Waals surface area contributed by atoms with Crippen molar-refractivity contribution in [2.45, 2.75) is 51.0 Å². The summed E-state index contributed by atoms with van der Waals surface area (Å²) in [6.07, 6.45) is 5.73. The zero-order chi connectivity index (χ0) is 17.0. The molecule has 1 atom stereocenters. The van der Waals surface area contributed by atoms with Crippen molar-refractivity contribution in [1.29, 1.82) is 0 Å². The van der Waals surface area contributed by atoms with Crippen LogP contribution in [0.15, 0.2) is 0 Å². The van der Waals surface area contributed by atoms with Crippen molar-refractivity contribution in [3.05, 3.63) is 0 Å². The molecule has 0 radical (unpaired) electrons. The first-order valence-electron chi connectivity index (χ1n) is 8.26. The molecule has 8 heteroatoms. The molecule has 0 aromatic carbocycles. The molecule has 0 aliphatic carbocycles. The Morgan fingerprint density at radius 3 is 2.30 bits per heavy atom. The molecule has 0 aromatic heterocycles. The lowest BCUT2D eigenvalue weighted by atomic mass is 9.92. The third-order valence-corrected chi connectivity index (χ3v) is 6.18. The van der Waals surface area contributed by atoms with E-state index >= 15 is 0 Å². The van der Waals surface area contributed by atoms with Crippen LogP contribution in [-0.2, 0) is 19.6 Å². The van der Waals surface area contributed by atoms with Gasteiger partial charge in [0.05, 0.1) is 6.26 Å². The Morgan fingerprint density at radius 2 is 1.74 bits per heavy atom. The van der Waals surface area contributed by atoms with Gasteiger partial charge >= 0.3 is 5.97 Å². The van der Waals surface area contributed by atoms with Crippen molar-refractivity contribution >= 4 is 21.9 Å². The fourth-order valence-electron chi connectivity index (χ4n) is 3.55. The molecule has 7 nitrogen and oxygen atoms in total. The Balaban J connectivity index is 1.94. The van der Waals surface area contributed by atoms with Gasteiger partial charge in [0.1, 0.15) is 0 Å². The number of rotatable bonds is 5. The number of carboxylic acids is 1. The van der Waals surface area contributed by atoms with E-state index in [1.807, 2.05) is 4.90 Å².